The summed E-state index contributed by atoms with van der Waals surface area (Å²) in [5, 5.41) is 12.6. The maximum Gasteiger partial charge on any atom is 0.254 e. The quantitative estimate of drug-likeness (QED) is 0.906. The van der Waals surface area contributed by atoms with Crippen LogP contribution in [0.5, 0.6) is 0 Å². The Kier molecular flexibility index (Phi) is 4.15. The van der Waals surface area contributed by atoms with Gasteiger partial charge in [-0.2, -0.15) is 17.0 Å². The van der Waals surface area contributed by atoms with Crippen molar-refractivity contribution in [3.63, 3.8) is 0 Å². The van der Waals surface area contributed by atoms with Crippen molar-refractivity contribution in [2.45, 2.75) is 18.4 Å². The monoisotopic (exact) mass is 280 g/mol. The number of rotatable bonds is 2. The average Bonchev–Trinajstić information content (AvgIpc) is 2.40. The minimum Gasteiger partial charge on any atom is -0.334 e. The molecule has 1 N–H and O–H groups in total. The topological polar surface area (TPSA) is 52.9 Å². The number of nitriles is 1. The second-order valence-electron chi connectivity index (χ2n) is 4.24. The van der Waals surface area contributed by atoms with E-state index >= 15 is 0 Å². The van der Waals surface area contributed by atoms with Gasteiger partial charge in [0.25, 0.3) is 5.91 Å². The first-order valence-electron chi connectivity index (χ1n) is 5.73. The van der Waals surface area contributed by atoms with Crippen LogP contribution < -0.4 is 5.32 Å². The summed E-state index contributed by atoms with van der Waals surface area (Å²) in [6.07, 6.45) is 1.37. The van der Waals surface area contributed by atoms with E-state index in [1.165, 1.54) is 0 Å². The van der Waals surface area contributed by atoms with Crippen molar-refractivity contribution in [2.24, 2.45) is 0 Å². The number of carbonyl (C=O) groups is 1. The Balaban J connectivity index is 2.16. The molecule has 1 heterocycles. The zero-order chi connectivity index (χ0) is 13.0. The number of halogens is 1. The summed E-state index contributed by atoms with van der Waals surface area (Å²) in [5.41, 5.74) is -0.311. The predicted octanol–water partition coefficient (Wildman–Crippen LogP) is 2.86. The lowest BCUT2D eigenvalue weighted by Gasteiger charge is -2.31. The van der Waals surface area contributed by atoms with E-state index in [0.717, 1.165) is 11.5 Å². The van der Waals surface area contributed by atoms with Crippen molar-refractivity contribution in [2.75, 3.05) is 11.5 Å². The summed E-state index contributed by atoms with van der Waals surface area (Å²) in [7, 11) is 0. The number of benzene rings is 1. The standard InChI is InChI=1S/C13H13ClN2OS/c14-11-4-2-1-3-10(11)12(17)16-13(9-15)5-7-18-8-6-13/h1-4H,5-8H2,(H,16,17). The highest BCUT2D eigenvalue weighted by Crippen LogP contribution is 2.27. The number of carbonyl (C=O) groups excluding carboxylic acids is 1. The summed E-state index contributed by atoms with van der Waals surface area (Å²) in [6.45, 7) is 0. The third kappa shape index (κ3) is 2.80. The molecule has 3 nitrogen and oxygen atoms in total. The van der Waals surface area contributed by atoms with E-state index in [1.807, 2.05) is 11.8 Å². The highest BCUT2D eigenvalue weighted by molar-refractivity contribution is 7.99. The Morgan fingerprint density at radius 1 is 1.39 bits per heavy atom. The molecule has 1 amide bonds. The molecule has 5 heteroatoms. The van der Waals surface area contributed by atoms with E-state index in [9.17, 15) is 10.1 Å². The van der Waals surface area contributed by atoms with Gasteiger partial charge in [0.05, 0.1) is 16.7 Å². The second kappa shape index (κ2) is 5.64. The first-order chi connectivity index (χ1) is 8.67. The zero-order valence-electron chi connectivity index (χ0n) is 9.78. The second-order valence-corrected chi connectivity index (χ2v) is 5.87. The minimum atomic E-state index is -0.735. The fourth-order valence-electron chi connectivity index (χ4n) is 1.91. The molecule has 0 aromatic heterocycles. The smallest absolute Gasteiger partial charge is 0.254 e. The van der Waals surface area contributed by atoms with Crippen LogP contribution in [-0.2, 0) is 0 Å². The fraction of sp³-hybridized carbons (Fsp3) is 0.385. The van der Waals surface area contributed by atoms with Gasteiger partial charge in [0.15, 0.2) is 0 Å². The van der Waals surface area contributed by atoms with Gasteiger partial charge in [-0.3, -0.25) is 4.79 Å². The number of thioether (sulfide) groups is 1. The Morgan fingerprint density at radius 3 is 2.67 bits per heavy atom. The summed E-state index contributed by atoms with van der Waals surface area (Å²) < 4.78 is 0. The van der Waals surface area contributed by atoms with Crippen LogP contribution in [0.4, 0.5) is 0 Å². The highest BCUT2D eigenvalue weighted by Gasteiger charge is 2.34. The maximum atomic E-state index is 12.1. The minimum absolute atomic E-state index is 0.269. The Hall–Kier alpha value is -1.18. The number of nitrogens with one attached hydrogen (secondary N) is 1. The van der Waals surface area contributed by atoms with Gasteiger partial charge in [-0.25, -0.2) is 0 Å². The van der Waals surface area contributed by atoms with Crippen molar-refractivity contribution in [1.82, 2.24) is 5.32 Å². The first-order valence-corrected chi connectivity index (χ1v) is 7.26. The SMILES string of the molecule is N#CC1(NC(=O)c2ccccc2Cl)CCSCC1. The predicted molar refractivity (Wildman–Crippen MR) is 73.8 cm³/mol. The van der Waals surface area contributed by atoms with E-state index < -0.39 is 5.54 Å². The number of hydrogen-bond acceptors (Lipinski definition) is 3. The lowest BCUT2D eigenvalue weighted by molar-refractivity contribution is 0.0915. The van der Waals surface area contributed by atoms with Gasteiger partial charge in [0.2, 0.25) is 0 Å². The van der Waals surface area contributed by atoms with Gasteiger partial charge in [-0.05, 0) is 36.5 Å². The number of hydrogen-bond donors (Lipinski definition) is 1. The Bertz CT molecular complexity index is 492. The third-order valence-corrected chi connectivity index (χ3v) is 4.35. The van der Waals surface area contributed by atoms with Gasteiger partial charge < -0.3 is 5.32 Å². The molecule has 0 spiro atoms. The molecule has 1 aliphatic rings. The van der Waals surface area contributed by atoms with E-state index in [1.54, 1.807) is 24.3 Å². The largest absolute Gasteiger partial charge is 0.334 e. The van der Waals surface area contributed by atoms with Crippen LogP contribution in [0.1, 0.15) is 23.2 Å². The van der Waals surface area contributed by atoms with Gasteiger partial charge in [0.1, 0.15) is 5.54 Å². The van der Waals surface area contributed by atoms with E-state index in [2.05, 4.69) is 11.4 Å². The van der Waals surface area contributed by atoms with Gasteiger partial charge in [-0.1, -0.05) is 23.7 Å². The summed E-state index contributed by atoms with van der Waals surface area (Å²) in [4.78, 5) is 12.1. The highest BCUT2D eigenvalue weighted by atomic mass is 35.5. The lowest BCUT2D eigenvalue weighted by atomic mass is 9.93. The van der Waals surface area contributed by atoms with E-state index in [-0.39, 0.29) is 5.91 Å². The van der Waals surface area contributed by atoms with Crippen molar-refractivity contribution in [3.8, 4) is 6.07 Å². The third-order valence-electron chi connectivity index (χ3n) is 3.03. The average molecular weight is 281 g/mol. The summed E-state index contributed by atoms with van der Waals surface area (Å²) in [5.74, 6) is 1.53. The van der Waals surface area contributed by atoms with Crippen LogP contribution in [-0.4, -0.2) is 23.0 Å². The van der Waals surface area contributed by atoms with E-state index in [4.69, 9.17) is 11.6 Å². The molecule has 0 unspecified atom stereocenters. The Morgan fingerprint density at radius 2 is 2.06 bits per heavy atom. The molecule has 1 fully saturated rings. The molecule has 2 rings (SSSR count). The van der Waals surface area contributed by atoms with Gasteiger partial charge >= 0.3 is 0 Å². The summed E-state index contributed by atoms with van der Waals surface area (Å²) in [6, 6.07) is 9.12. The van der Waals surface area contributed by atoms with Crippen molar-refractivity contribution < 1.29 is 4.79 Å². The van der Waals surface area contributed by atoms with E-state index in [0.29, 0.717) is 23.4 Å². The molecule has 0 atom stereocenters. The summed E-state index contributed by atoms with van der Waals surface area (Å²) >= 11 is 7.79. The maximum absolute atomic E-state index is 12.1. The molecule has 1 aromatic carbocycles. The van der Waals surface area contributed by atoms with Crippen LogP contribution in [0.15, 0.2) is 24.3 Å². The van der Waals surface area contributed by atoms with Crippen LogP contribution in [0.2, 0.25) is 5.02 Å². The molecule has 1 saturated heterocycles. The molecule has 0 bridgehead atoms. The molecular formula is C13H13ClN2OS. The first kappa shape index (κ1) is 13.3. The van der Waals surface area contributed by atoms with Gasteiger partial charge in [-0.15, -0.1) is 0 Å². The molecule has 18 heavy (non-hydrogen) atoms. The van der Waals surface area contributed by atoms with Crippen LogP contribution in [0.25, 0.3) is 0 Å². The molecule has 0 radical (unpaired) electrons. The molecule has 94 valence electrons. The normalized spacial score (nSPS) is 17.8. The lowest BCUT2D eigenvalue weighted by Crippen LogP contribution is -2.49. The van der Waals surface area contributed by atoms with Crippen LogP contribution in [0.3, 0.4) is 0 Å². The van der Waals surface area contributed by atoms with Crippen molar-refractivity contribution in [3.05, 3.63) is 34.9 Å². The molecule has 1 aromatic rings. The molecule has 1 aliphatic heterocycles. The molecule has 0 aliphatic carbocycles. The number of nitrogens with zero attached hydrogens (tertiary/aromatic N) is 1. The van der Waals surface area contributed by atoms with Crippen molar-refractivity contribution >= 4 is 29.3 Å². The fourth-order valence-corrected chi connectivity index (χ4v) is 3.33. The van der Waals surface area contributed by atoms with Crippen molar-refractivity contribution in [1.29, 1.82) is 5.26 Å². The molecular weight excluding hydrogens is 268 g/mol. The molecule has 0 saturated carbocycles. The number of amides is 1. The van der Waals surface area contributed by atoms with Crippen LogP contribution in [0, 0.1) is 11.3 Å². The Labute approximate surface area is 116 Å². The van der Waals surface area contributed by atoms with Gasteiger partial charge in [0, 0.05) is 0 Å². The zero-order valence-corrected chi connectivity index (χ0v) is 11.4. The van der Waals surface area contributed by atoms with Crippen LogP contribution >= 0.6 is 23.4 Å².